The minimum absolute atomic E-state index is 0.148. The summed E-state index contributed by atoms with van der Waals surface area (Å²) in [6, 6.07) is 14.3. The lowest BCUT2D eigenvalue weighted by Gasteiger charge is -2.05. The van der Waals surface area contributed by atoms with Crippen LogP contribution in [0.1, 0.15) is 23.2 Å². The van der Waals surface area contributed by atoms with Gasteiger partial charge in [-0.1, -0.05) is 12.1 Å². The average Bonchev–Trinajstić information content (AvgIpc) is 2.97. The number of rotatable bonds is 5. The molecule has 0 aliphatic rings. The van der Waals surface area contributed by atoms with Gasteiger partial charge in [-0.3, -0.25) is 9.59 Å². The third-order valence-electron chi connectivity index (χ3n) is 3.43. The van der Waals surface area contributed by atoms with Crippen LogP contribution in [0.4, 0.5) is 5.69 Å². The van der Waals surface area contributed by atoms with Crippen LogP contribution in [0.2, 0.25) is 0 Å². The molecule has 0 radical (unpaired) electrons. The number of amides is 2. The van der Waals surface area contributed by atoms with Crippen LogP contribution in [0.3, 0.4) is 0 Å². The van der Waals surface area contributed by atoms with Crippen LogP contribution >= 0.6 is 0 Å². The molecule has 0 fully saturated rings. The minimum Gasteiger partial charge on any atom is -0.441 e. The predicted octanol–water partition coefficient (Wildman–Crippen LogP) is 2.76. The fourth-order valence-corrected chi connectivity index (χ4v) is 2.32. The Labute approximate surface area is 138 Å². The summed E-state index contributed by atoms with van der Waals surface area (Å²) in [6.45, 7) is 1.87. The van der Waals surface area contributed by atoms with Crippen LogP contribution in [-0.4, -0.2) is 23.3 Å². The van der Waals surface area contributed by atoms with Crippen LogP contribution in [0.25, 0.3) is 11.1 Å². The second kappa shape index (κ2) is 6.95. The van der Waals surface area contributed by atoms with Gasteiger partial charge >= 0.3 is 0 Å². The number of hydrogen-bond acceptors (Lipinski definition) is 4. The number of oxazole rings is 1. The van der Waals surface area contributed by atoms with Crippen molar-refractivity contribution in [3.8, 4) is 0 Å². The molecule has 6 heteroatoms. The van der Waals surface area contributed by atoms with E-state index in [1.165, 1.54) is 6.92 Å². The summed E-state index contributed by atoms with van der Waals surface area (Å²) >= 11 is 0. The van der Waals surface area contributed by atoms with Crippen molar-refractivity contribution in [2.75, 3.05) is 11.9 Å². The summed E-state index contributed by atoms with van der Waals surface area (Å²) in [6.07, 6.45) is 0.518. The van der Waals surface area contributed by atoms with Gasteiger partial charge in [0.2, 0.25) is 5.91 Å². The van der Waals surface area contributed by atoms with Gasteiger partial charge in [-0.05, 0) is 36.4 Å². The number of nitrogens with one attached hydrogen (secondary N) is 2. The number of carbonyl (C=O) groups is 2. The Balaban J connectivity index is 1.54. The van der Waals surface area contributed by atoms with Crippen LogP contribution < -0.4 is 10.6 Å². The van der Waals surface area contributed by atoms with E-state index in [9.17, 15) is 9.59 Å². The Bertz CT molecular complexity index is 836. The van der Waals surface area contributed by atoms with E-state index in [0.717, 1.165) is 11.1 Å². The molecule has 0 saturated carbocycles. The standard InChI is InChI=1S/C18H17N3O3/c1-12(22)20-14-8-6-13(7-9-14)18(23)19-11-10-17-21-15-4-2-3-5-16(15)24-17/h2-9H,10-11H2,1H3,(H,19,23)(H,20,22). The van der Waals surface area contributed by atoms with Crippen molar-refractivity contribution in [3.05, 3.63) is 60.0 Å². The largest absolute Gasteiger partial charge is 0.441 e. The fraction of sp³-hybridized carbons (Fsp3) is 0.167. The lowest BCUT2D eigenvalue weighted by Crippen LogP contribution is -2.25. The SMILES string of the molecule is CC(=O)Nc1ccc(C(=O)NCCc2nc3ccccc3o2)cc1. The zero-order valence-electron chi connectivity index (χ0n) is 13.2. The van der Waals surface area contributed by atoms with Gasteiger partial charge in [0.1, 0.15) is 5.52 Å². The number of hydrogen-bond donors (Lipinski definition) is 2. The van der Waals surface area contributed by atoms with Crippen LogP contribution in [0.15, 0.2) is 52.9 Å². The summed E-state index contributed by atoms with van der Waals surface area (Å²) in [4.78, 5) is 27.4. The van der Waals surface area contributed by atoms with Crippen LogP contribution in [-0.2, 0) is 11.2 Å². The van der Waals surface area contributed by atoms with Gasteiger partial charge in [0, 0.05) is 31.1 Å². The normalized spacial score (nSPS) is 10.5. The van der Waals surface area contributed by atoms with E-state index in [2.05, 4.69) is 15.6 Å². The van der Waals surface area contributed by atoms with Crippen molar-refractivity contribution in [2.45, 2.75) is 13.3 Å². The number of benzene rings is 2. The van der Waals surface area contributed by atoms with E-state index in [1.54, 1.807) is 24.3 Å². The highest BCUT2D eigenvalue weighted by molar-refractivity contribution is 5.95. The number of nitrogens with zero attached hydrogens (tertiary/aromatic N) is 1. The van der Waals surface area contributed by atoms with E-state index in [0.29, 0.717) is 30.1 Å². The van der Waals surface area contributed by atoms with Gasteiger partial charge in [0.05, 0.1) is 0 Å². The lowest BCUT2D eigenvalue weighted by molar-refractivity contribution is -0.114. The molecule has 0 bridgehead atoms. The van der Waals surface area contributed by atoms with E-state index in [-0.39, 0.29) is 11.8 Å². The van der Waals surface area contributed by atoms with Crippen molar-refractivity contribution in [1.82, 2.24) is 10.3 Å². The Hall–Kier alpha value is -3.15. The van der Waals surface area contributed by atoms with E-state index >= 15 is 0 Å². The first kappa shape index (κ1) is 15.7. The molecule has 122 valence electrons. The number of carbonyl (C=O) groups excluding carboxylic acids is 2. The Morgan fingerprint density at radius 2 is 1.83 bits per heavy atom. The number of aromatic nitrogens is 1. The molecule has 0 aliphatic heterocycles. The topological polar surface area (TPSA) is 84.2 Å². The zero-order valence-corrected chi connectivity index (χ0v) is 13.2. The molecule has 6 nitrogen and oxygen atoms in total. The van der Waals surface area contributed by atoms with Crippen molar-refractivity contribution < 1.29 is 14.0 Å². The molecule has 0 saturated heterocycles. The van der Waals surface area contributed by atoms with Crippen molar-refractivity contribution in [2.24, 2.45) is 0 Å². The molecule has 0 unspecified atom stereocenters. The molecule has 0 aliphatic carbocycles. The maximum atomic E-state index is 12.1. The van der Waals surface area contributed by atoms with Crippen molar-refractivity contribution >= 4 is 28.6 Å². The third kappa shape index (κ3) is 3.78. The maximum absolute atomic E-state index is 12.1. The predicted molar refractivity (Wildman–Crippen MR) is 90.8 cm³/mol. The Morgan fingerprint density at radius 1 is 1.08 bits per heavy atom. The first-order valence-corrected chi connectivity index (χ1v) is 7.62. The molecule has 0 atom stereocenters. The van der Waals surface area contributed by atoms with Gasteiger partial charge in [0.15, 0.2) is 11.5 Å². The van der Waals surface area contributed by atoms with Gasteiger partial charge in [-0.15, -0.1) is 0 Å². The van der Waals surface area contributed by atoms with Gasteiger partial charge in [-0.2, -0.15) is 0 Å². The first-order chi connectivity index (χ1) is 11.6. The highest BCUT2D eigenvalue weighted by Gasteiger charge is 2.08. The van der Waals surface area contributed by atoms with Crippen LogP contribution in [0.5, 0.6) is 0 Å². The van der Waals surface area contributed by atoms with Gasteiger partial charge in [0.25, 0.3) is 5.91 Å². The van der Waals surface area contributed by atoms with Crippen LogP contribution in [0, 0.1) is 0 Å². The third-order valence-corrected chi connectivity index (χ3v) is 3.43. The number of fused-ring (bicyclic) bond motifs is 1. The second-order valence-electron chi connectivity index (χ2n) is 5.34. The van der Waals surface area contributed by atoms with Crippen molar-refractivity contribution in [1.29, 1.82) is 0 Å². The maximum Gasteiger partial charge on any atom is 0.251 e. The Kier molecular flexibility index (Phi) is 4.56. The smallest absolute Gasteiger partial charge is 0.251 e. The lowest BCUT2D eigenvalue weighted by atomic mass is 10.2. The molecular weight excluding hydrogens is 306 g/mol. The summed E-state index contributed by atoms with van der Waals surface area (Å²) in [5.74, 6) is 0.267. The summed E-state index contributed by atoms with van der Waals surface area (Å²) in [7, 11) is 0. The molecule has 3 aromatic rings. The summed E-state index contributed by atoms with van der Waals surface area (Å²) in [5, 5.41) is 5.48. The highest BCUT2D eigenvalue weighted by Crippen LogP contribution is 2.14. The molecule has 1 aromatic heterocycles. The monoisotopic (exact) mass is 323 g/mol. The van der Waals surface area contributed by atoms with E-state index in [1.807, 2.05) is 24.3 Å². The molecule has 1 heterocycles. The molecule has 2 aromatic carbocycles. The van der Waals surface area contributed by atoms with E-state index in [4.69, 9.17) is 4.42 Å². The zero-order chi connectivity index (χ0) is 16.9. The molecule has 3 rings (SSSR count). The minimum atomic E-state index is -0.180. The van der Waals surface area contributed by atoms with Gasteiger partial charge in [-0.25, -0.2) is 4.98 Å². The summed E-state index contributed by atoms with van der Waals surface area (Å²) in [5.41, 5.74) is 2.74. The van der Waals surface area contributed by atoms with Gasteiger partial charge < -0.3 is 15.1 Å². The molecular formula is C18H17N3O3. The quantitative estimate of drug-likeness (QED) is 0.756. The Morgan fingerprint density at radius 3 is 2.54 bits per heavy atom. The molecule has 2 amide bonds. The summed E-state index contributed by atoms with van der Waals surface area (Å²) < 4.78 is 5.61. The van der Waals surface area contributed by atoms with Crippen molar-refractivity contribution in [3.63, 3.8) is 0 Å². The molecule has 2 N–H and O–H groups in total. The number of para-hydroxylation sites is 2. The number of anilines is 1. The average molecular weight is 323 g/mol. The van der Waals surface area contributed by atoms with E-state index < -0.39 is 0 Å². The molecule has 0 spiro atoms. The second-order valence-corrected chi connectivity index (χ2v) is 5.34. The molecule has 24 heavy (non-hydrogen) atoms. The fourth-order valence-electron chi connectivity index (χ4n) is 2.32. The highest BCUT2D eigenvalue weighted by atomic mass is 16.3. The first-order valence-electron chi connectivity index (χ1n) is 7.62.